The van der Waals surface area contributed by atoms with E-state index >= 15 is 0 Å². The standard InChI is InChI=1S/C9H16N2O2.C2H6/c1-4-13-9(12)8-5-6-11(3)7(2)10-8;1-2/h8H,4-6H2,1-3H3;1-2H3. The first-order chi connectivity index (χ1) is 7.15. The molecule has 88 valence electrons. The molecule has 1 aliphatic rings. The fourth-order valence-corrected chi connectivity index (χ4v) is 1.28. The highest BCUT2D eigenvalue weighted by Crippen LogP contribution is 2.09. The fourth-order valence-electron chi connectivity index (χ4n) is 1.28. The number of rotatable bonds is 2. The van der Waals surface area contributed by atoms with Crippen LogP contribution in [0.5, 0.6) is 0 Å². The quantitative estimate of drug-likeness (QED) is 0.657. The van der Waals surface area contributed by atoms with Gasteiger partial charge < -0.3 is 9.64 Å². The topological polar surface area (TPSA) is 41.9 Å². The molecule has 0 aromatic rings. The zero-order valence-corrected chi connectivity index (χ0v) is 10.4. The van der Waals surface area contributed by atoms with Gasteiger partial charge in [0.25, 0.3) is 0 Å². The van der Waals surface area contributed by atoms with Crippen molar-refractivity contribution in [3.63, 3.8) is 0 Å². The minimum absolute atomic E-state index is 0.199. The lowest BCUT2D eigenvalue weighted by Gasteiger charge is -2.26. The Kier molecular flexibility index (Phi) is 6.75. The third-order valence-corrected chi connectivity index (χ3v) is 2.19. The number of nitrogens with zero attached hydrogens (tertiary/aromatic N) is 2. The molecule has 15 heavy (non-hydrogen) atoms. The lowest BCUT2D eigenvalue weighted by molar-refractivity contribution is -0.144. The molecule has 0 fully saturated rings. The van der Waals surface area contributed by atoms with Gasteiger partial charge in [-0.05, 0) is 20.3 Å². The number of carbonyl (C=O) groups is 1. The predicted octanol–water partition coefficient (Wildman–Crippen LogP) is 1.70. The zero-order chi connectivity index (χ0) is 11.8. The molecule has 0 amide bonds. The normalized spacial score (nSPS) is 19.9. The van der Waals surface area contributed by atoms with Gasteiger partial charge in [-0.3, -0.25) is 4.99 Å². The summed E-state index contributed by atoms with van der Waals surface area (Å²) in [6.07, 6.45) is 0.757. The maximum Gasteiger partial charge on any atom is 0.330 e. The molecule has 1 atom stereocenters. The third-order valence-electron chi connectivity index (χ3n) is 2.19. The molecule has 0 saturated heterocycles. The number of ether oxygens (including phenoxy) is 1. The summed E-state index contributed by atoms with van der Waals surface area (Å²) in [4.78, 5) is 17.6. The third kappa shape index (κ3) is 4.32. The van der Waals surface area contributed by atoms with Gasteiger partial charge in [-0.1, -0.05) is 13.8 Å². The molecule has 4 nitrogen and oxygen atoms in total. The van der Waals surface area contributed by atoms with Crippen LogP contribution >= 0.6 is 0 Å². The van der Waals surface area contributed by atoms with Gasteiger partial charge in [-0.2, -0.15) is 0 Å². The lowest BCUT2D eigenvalue weighted by atomic mass is 10.2. The number of esters is 1. The molecule has 1 rings (SSSR count). The van der Waals surface area contributed by atoms with Gasteiger partial charge in [0.05, 0.1) is 12.4 Å². The van der Waals surface area contributed by atoms with E-state index in [1.807, 2.05) is 39.6 Å². The van der Waals surface area contributed by atoms with Gasteiger partial charge in [0.1, 0.15) is 0 Å². The van der Waals surface area contributed by atoms with Gasteiger partial charge in [0.2, 0.25) is 0 Å². The Labute approximate surface area is 92.3 Å². The molecular weight excluding hydrogens is 192 g/mol. The van der Waals surface area contributed by atoms with E-state index in [1.54, 1.807) is 0 Å². The first kappa shape index (κ1) is 13.9. The number of amidine groups is 1. The number of aliphatic imine (C=N–C) groups is 1. The Morgan fingerprint density at radius 2 is 2.20 bits per heavy atom. The average molecular weight is 214 g/mol. The van der Waals surface area contributed by atoms with Crippen LogP contribution in [0.3, 0.4) is 0 Å². The first-order valence-corrected chi connectivity index (χ1v) is 5.57. The van der Waals surface area contributed by atoms with E-state index < -0.39 is 0 Å². The summed E-state index contributed by atoms with van der Waals surface area (Å²) >= 11 is 0. The van der Waals surface area contributed by atoms with Crippen molar-refractivity contribution in [2.75, 3.05) is 20.2 Å². The Bertz CT molecular complexity index is 227. The van der Waals surface area contributed by atoms with Crippen molar-refractivity contribution < 1.29 is 9.53 Å². The van der Waals surface area contributed by atoms with Crippen LogP contribution in [0.15, 0.2) is 4.99 Å². The summed E-state index contributed by atoms with van der Waals surface area (Å²) in [6, 6.07) is -0.281. The molecule has 0 radical (unpaired) electrons. The Hall–Kier alpha value is -1.06. The molecule has 0 bridgehead atoms. The molecular formula is C11H22N2O2. The summed E-state index contributed by atoms with van der Waals surface area (Å²) in [5.74, 6) is 0.708. The maximum absolute atomic E-state index is 11.3. The summed E-state index contributed by atoms with van der Waals surface area (Å²) in [6.45, 7) is 9.02. The van der Waals surface area contributed by atoms with Crippen LogP contribution < -0.4 is 0 Å². The van der Waals surface area contributed by atoms with Crippen LogP contribution in [0, 0.1) is 0 Å². The molecule has 0 saturated carbocycles. The Morgan fingerprint density at radius 3 is 2.67 bits per heavy atom. The van der Waals surface area contributed by atoms with Crippen LogP contribution in [-0.4, -0.2) is 42.9 Å². The van der Waals surface area contributed by atoms with E-state index in [2.05, 4.69) is 4.99 Å². The summed E-state index contributed by atoms with van der Waals surface area (Å²) in [5.41, 5.74) is 0. The minimum atomic E-state index is -0.281. The largest absolute Gasteiger partial charge is 0.464 e. The first-order valence-electron chi connectivity index (χ1n) is 5.57. The van der Waals surface area contributed by atoms with Gasteiger partial charge in [-0.25, -0.2) is 4.79 Å². The van der Waals surface area contributed by atoms with E-state index in [4.69, 9.17) is 4.74 Å². The lowest BCUT2D eigenvalue weighted by Crippen LogP contribution is -2.37. The van der Waals surface area contributed by atoms with Gasteiger partial charge in [-0.15, -0.1) is 0 Å². The molecule has 0 aliphatic carbocycles. The number of hydrogen-bond acceptors (Lipinski definition) is 4. The van der Waals surface area contributed by atoms with E-state index in [9.17, 15) is 4.79 Å². The molecule has 0 aromatic heterocycles. The van der Waals surface area contributed by atoms with Gasteiger partial charge >= 0.3 is 5.97 Å². The molecule has 1 unspecified atom stereocenters. The van der Waals surface area contributed by atoms with Gasteiger partial charge in [0.15, 0.2) is 6.04 Å². The van der Waals surface area contributed by atoms with E-state index in [0.29, 0.717) is 6.61 Å². The van der Waals surface area contributed by atoms with E-state index in [-0.39, 0.29) is 12.0 Å². The Morgan fingerprint density at radius 1 is 1.60 bits per heavy atom. The fraction of sp³-hybridized carbons (Fsp3) is 0.818. The van der Waals surface area contributed by atoms with Crippen molar-refractivity contribution in [1.29, 1.82) is 0 Å². The maximum atomic E-state index is 11.3. The zero-order valence-electron chi connectivity index (χ0n) is 10.4. The second kappa shape index (κ2) is 7.26. The summed E-state index contributed by atoms with van der Waals surface area (Å²) < 4.78 is 4.90. The number of hydrogen-bond donors (Lipinski definition) is 0. The van der Waals surface area contributed by atoms with Crippen molar-refractivity contribution in [3.05, 3.63) is 0 Å². The van der Waals surface area contributed by atoms with Crippen molar-refractivity contribution >= 4 is 11.8 Å². The minimum Gasteiger partial charge on any atom is -0.464 e. The second-order valence-corrected chi connectivity index (χ2v) is 3.15. The Balaban J connectivity index is 0.000000921. The molecule has 0 spiro atoms. The van der Waals surface area contributed by atoms with Crippen LogP contribution in [0.2, 0.25) is 0 Å². The highest BCUT2D eigenvalue weighted by molar-refractivity contribution is 5.85. The molecule has 1 aliphatic heterocycles. The monoisotopic (exact) mass is 214 g/mol. The van der Waals surface area contributed by atoms with E-state index in [0.717, 1.165) is 18.8 Å². The average Bonchev–Trinajstić information content (AvgIpc) is 2.25. The van der Waals surface area contributed by atoms with Crippen LogP contribution in [0.4, 0.5) is 0 Å². The van der Waals surface area contributed by atoms with Gasteiger partial charge in [0, 0.05) is 13.6 Å². The highest BCUT2D eigenvalue weighted by atomic mass is 16.5. The predicted molar refractivity (Wildman–Crippen MR) is 62.1 cm³/mol. The SMILES string of the molecule is CC.CCOC(=O)C1CCN(C)C(C)=N1. The molecule has 1 heterocycles. The smallest absolute Gasteiger partial charge is 0.330 e. The molecule has 0 aromatic carbocycles. The van der Waals surface area contributed by atoms with Crippen LogP contribution in [0.25, 0.3) is 0 Å². The van der Waals surface area contributed by atoms with Crippen molar-refractivity contribution in [2.24, 2.45) is 4.99 Å². The van der Waals surface area contributed by atoms with E-state index in [1.165, 1.54) is 0 Å². The van der Waals surface area contributed by atoms with Crippen LogP contribution in [0.1, 0.15) is 34.1 Å². The highest BCUT2D eigenvalue weighted by Gasteiger charge is 2.23. The number of carbonyl (C=O) groups excluding carboxylic acids is 1. The second-order valence-electron chi connectivity index (χ2n) is 3.15. The molecule has 0 N–H and O–H groups in total. The van der Waals surface area contributed by atoms with Crippen molar-refractivity contribution in [1.82, 2.24) is 4.90 Å². The van der Waals surface area contributed by atoms with Crippen LogP contribution in [-0.2, 0) is 9.53 Å². The summed E-state index contributed by atoms with van der Waals surface area (Å²) in [5, 5.41) is 0. The van der Waals surface area contributed by atoms with Crippen molar-refractivity contribution in [3.8, 4) is 0 Å². The van der Waals surface area contributed by atoms with Crippen molar-refractivity contribution in [2.45, 2.75) is 40.2 Å². The molecule has 4 heteroatoms. The summed E-state index contributed by atoms with van der Waals surface area (Å²) in [7, 11) is 1.97.